The van der Waals surface area contributed by atoms with Crippen molar-refractivity contribution in [3.63, 3.8) is 0 Å². The van der Waals surface area contributed by atoms with E-state index in [1.54, 1.807) is 24.3 Å². The summed E-state index contributed by atoms with van der Waals surface area (Å²) in [5.74, 6) is -0.537. The number of rotatable bonds is 9. The molecule has 0 unspecified atom stereocenters. The number of nitrogens with one attached hydrogen (secondary N) is 1. The lowest BCUT2D eigenvalue weighted by Crippen LogP contribution is -2.43. The number of hydrogen-bond donors (Lipinski definition) is 1. The van der Waals surface area contributed by atoms with Gasteiger partial charge in [0.1, 0.15) is 19.3 Å². The van der Waals surface area contributed by atoms with Crippen LogP contribution in [0.4, 0.5) is 4.79 Å². The quantitative estimate of drug-likeness (QED) is 0.450. The molecule has 36 heavy (non-hydrogen) atoms. The van der Waals surface area contributed by atoms with Crippen molar-refractivity contribution in [2.75, 3.05) is 13.1 Å². The van der Waals surface area contributed by atoms with Gasteiger partial charge in [0.2, 0.25) is 0 Å². The first kappa shape index (κ1) is 25.0. The zero-order valence-corrected chi connectivity index (χ0v) is 20.1. The lowest BCUT2D eigenvalue weighted by atomic mass is 10.1. The topological polar surface area (TPSA) is 84.9 Å². The average Bonchev–Trinajstić information content (AvgIpc) is 3.46. The number of carbonyl (C=O) groups excluding carboxylic acids is 3. The van der Waals surface area contributed by atoms with Crippen molar-refractivity contribution in [2.45, 2.75) is 38.5 Å². The first-order valence-electron chi connectivity index (χ1n) is 12.1. The fourth-order valence-electron chi connectivity index (χ4n) is 4.05. The SMILES string of the molecule is O=C(N[C@@H](Cc1ccccc1)C(=O)OCc1ccc(C(=O)N2CCCC2)cc1)OCc1ccccc1. The zero-order valence-electron chi connectivity index (χ0n) is 20.1. The molecule has 2 amide bonds. The van der Waals surface area contributed by atoms with E-state index in [-0.39, 0.29) is 25.5 Å². The van der Waals surface area contributed by atoms with E-state index in [0.717, 1.165) is 42.6 Å². The minimum atomic E-state index is -0.910. The van der Waals surface area contributed by atoms with Crippen LogP contribution in [0, 0.1) is 0 Å². The van der Waals surface area contributed by atoms with Crippen LogP contribution in [0.1, 0.15) is 39.9 Å². The third-order valence-corrected chi connectivity index (χ3v) is 6.05. The van der Waals surface area contributed by atoms with E-state index in [0.29, 0.717) is 5.56 Å². The molecule has 1 atom stereocenters. The van der Waals surface area contributed by atoms with Crippen molar-refractivity contribution >= 4 is 18.0 Å². The number of amides is 2. The third-order valence-electron chi connectivity index (χ3n) is 6.05. The molecular formula is C29H30N2O5. The van der Waals surface area contributed by atoms with Gasteiger partial charge in [0, 0.05) is 25.1 Å². The Morgan fingerprint density at radius 1 is 0.722 bits per heavy atom. The molecule has 1 aliphatic rings. The van der Waals surface area contributed by atoms with E-state index in [1.807, 2.05) is 65.6 Å². The second-order valence-corrected chi connectivity index (χ2v) is 8.75. The molecule has 0 aliphatic carbocycles. The summed E-state index contributed by atoms with van der Waals surface area (Å²) in [7, 11) is 0. The number of likely N-dealkylation sites (tertiary alicyclic amines) is 1. The molecule has 1 fully saturated rings. The number of carbonyl (C=O) groups is 3. The van der Waals surface area contributed by atoms with Crippen LogP contribution >= 0.6 is 0 Å². The van der Waals surface area contributed by atoms with Gasteiger partial charge in [0.25, 0.3) is 5.91 Å². The van der Waals surface area contributed by atoms with Crippen molar-refractivity contribution in [1.29, 1.82) is 0 Å². The van der Waals surface area contributed by atoms with E-state index in [4.69, 9.17) is 9.47 Å². The highest BCUT2D eigenvalue weighted by Crippen LogP contribution is 2.14. The third kappa shape index (κ3) is 7.18. The first-order chi connectivity index (χ1) is 17.6. The standard InChI is InChI=1S/C29H30N2O5/c32-27(31-17-7-8-18-31)25-15-13-24(14-16-25)20-35-28(33)26(19-22-9-3-1-4-10-22)30-29(34)36-21-23-11-5-2-6-12-23/h1-6,9-16,26H,7-8,17-21H2,(H,30,34)/t26-/m0/s1. The van der Waals surface area contributed by atoms with Gasteiger partial charge >= 0.3 is 12.1 Å². The molecule has 7 nitrogen and oxygen atoms in total. The summed E-state index contributed by atoms with van der Waals surface area (Å²) in [5.41, 5.74) is 3.11. The molecule has 0 saturated carbocycles. The number of nitrogens with zero attached hydrogens (tertiary/aromatic N) is 1. The Morgan fingerprint density at radius 2 is 1.28 bits per heavy atom. The van der Waals surface area contributed by atoms with Gasteiger partial charge in [0.15, 0.2) is 0 Å². The molecule has 0 radical (unpaired) electrons. The molecule has 1 N–H and O–H groups in total. The van der Waals surface area contributed by atoms with E-state index in [2.05, 4.69) is 5.32 Å². The molecule has 1 aliphatic heterocycles. The number of esters is 1. The highest BCUT2D eigenvalue weighted by atomic mass is 16.6. The Bertz CT molecular complexity index is 1140. The Morgan fingerprint density at radius 3 is 1.92 bits per heavy atom. The van der Waals surface area contributed by atoms with Crippen LogP contribution in [-0.2, 0) is 33.9 Å². The lowest BCUT2D eigenvalue weighted by Gasteiger charge is -2.18. The molecular weight excluding hydrogens is 456 g/mol. The summed E-state index contributed by atoms with van der Waals surface area (Å²) in [6.45, 7) is 1.72. The number of ether oxygens (including phenoxy) is 2. The van der Waals surface area contributed by atoms with Crippen LogP contribution in [-0.4, -0.2) is 42.0 Å². The minimum absolute atomic E-state index is 0.0252. The Kier molecular flexibility index (Phi) is 8.70. The maximum absolute atomic E-state index is 12.9. The van der Waals surface area contributed by atoms with Crippen molar-refractivity contribution in [3.8, 4) is 0 Å². The van der Waals surface area contributed by atoms with Gasteiger partial charge in [-0.3, -0.25) is 4.79 Å². The molecule has 0 spiro atoms. The van der Waals surface area contributed by atoms with Crippen LogP contribution in [0.2, 0.25) is 0 Å². The summed E-state index contributed by atoms with van der Waals surface area (Å²) in [5, 5.41) is 2.64. The van der Waals surface area contributed by atoms with E-state index >= 15 is 0 Å². The van der Waals surface area contributed by atoms with Crippen molar-refractivity contribution in [2.24, 2.45) is 0 Å². The summed E-state index contributed by atoms with van der Waals surface area (Å²) in [6.07, 6.45) is 1.65. The van der Waals surface area contributed by atoms with Crippen molar-refractivity contribution in [3.05, 3.63) is 107 Å². The van der Waals surface area contributed by atoms with Gasteiger partial charge in [-0.1, -0.05) is 72.8 Å². The van der Waals surface area contributed by atoms with E-state index in [1.165, 1.54) is 0 Å². The van der Waals surface area contributed by atoms with Crippen LogP contribution in [0.15, 0.2) is 84.9 Å². The maximum Gasteiger partial charge on any atom is 0.408 e. The second kappa shape index (κ2) is 12.5. The normalized spacial score (nSPS) is 13.6. The van der Waals surface area contributed by atoms with Gasteiger partial charge < -0.3 is 19.7 Å². The predicted molar refractivity (Wildman–Crippen MR) is 135 cm³/mol. The molecule has 0 bridgehead atoms. The number of alkyl carbamates (subject to hydrolysis) is 1. The number of hydrogen-bond acceptors (Lipinski definition) is 5. The molecule has 0 aromatic heterocycles. The molecule has 3 aromatic rings. The molecule has 186 valence electrons. The fraction of sp³-hybridized carbons (Fsp3) is 0.276. The van der Waals surface area contributed by atoms with Crippen LogP contribution in [0.25, 0.3) is 0 Å². The summed E-state index contributed by atoms with van der Waals surface area (Å²) < 4.78 is 10.8. The van der Waals surface area contributed by atoms with Gasteiger partial charge in [-0.25, -0.2) is 9.59 Å². The Labute approximate surface area is 211 Å². The fourth-order valence-corrected chi connectivity index (χ4v) is 4.05. The van der Waals surface area contributed by atoms with Crippen LogP contribution in [0.3, 0.4) is 0 Å². The monoisotopic (exact) mass is 486 g/mol. The highest BCUT2D eigenvalue weighted by molar-refractivity contribution is 5.94. The molecule has 1 heterocycles. The summed E-state index contributed by atoms with van der Waals surface area (Å²) >= 11 is 0. The second-order valence-electron chi connectivity index (χ2n) is 8.75. The molecule has 4 rings (SSSR count). The zero-order chi connectivity index (χ0) is 25.2. The van der Waals surface area contributed by atoms with Gasteiger partial charge in [0.05, 0.1) is 0 Å². The number of benzene rings is 3. The lowest BCUT2D eigenvalue weighted by molar-refractivity contribution is -0.147. The van der Waals surface area contributed by atoms with E-state index < -0.39 is 18.1 Å². The Hall–Kier alpha value is -4.13. The van der Waals surface area contributed by atoms with Crippen molar-refractivity contribution in [1.82, 2.24) is 10.2 Å². The molecule has 7 heteroatoms. The summed E-state index contributed by atoms with van der Waals surface area (Å²) in [6, 6.07) is 24.9. The van der Waals surface area contributed by atoms with Gasteiger partial charge in [-0.05, 0) is 41.7 Å². The average molecular weight is 487 g/mol. The van der Waals surface area contributed by atoms with Crippen LogP contribution < -0.4 is 5.32 Å². The molecule has 3 aromatic carbocycles. The predicted octanol–water partition coefficient (Wildman–Crippen LogP) is 4.50. The van der Waals surface area contributed by atoms with Crippen molar-refractivity contribution < 1.29 is 23.9 Å². The van der Waals surface area contributed by atoms with Gasteiger partial charge in [-0.2, -0.15) is 0 Å². The molecule has 1 saturated heterocycles. The summed E-state index contributed by atoms with van der Waals surface area (Å²) in [4.78, 5) is 39.7. The smallest absolute Gasteiger partial charge is 0.408 e. The first-order valence-corrected chi connectivity index (χ1v) is 12.1. The highest BCUT2D eigenvalue weighted by Gasteiger charge is 2.24. The van der Waals surface area contributed by atoms with Gasteiger partial charge in [-0.15, -0.1) is 0 Å². The Balaban J connectivity index is 1.34. The largest absolute Gasteiger partial charge is 0.459 e. The minimum Gasteiger partial charge on any atom is -0.459 e. The van der Waals surface area contributed by atoms with Crippen LogP contribution in [0.5, 0.6) is 0 Å². The maximum atomic E-state index is 12.9. The van der Waals surface area contributed by atoms with E-state index in [9.17, 15) is 14.4 Å².